The van der Waals surface area contributed by atoms with Gasteiger partial charge in [-0.2, -0.15) is 0 Å². The average Bonchev–Trinajstić information content (AvgIpc) is 2.72. The number of phenolic OH excluding ortho intramolecular Hbond substituents is 1. The van der Waals surface area contributed by atoms with E-state index in [1.165, 1.54) is 18.2 Å². The standard InChI is InChI=1S/C22H24FNO5S/c1-14(5-3-4-6-20(26)27)21(15-7-12-19(25)18(23)13-15)29-22(28)24-16-8-10-17(30-2)11-9-16/h4,6-14,21,25H,3,5H2,1-2H3,(H,24,28)(H,26,27)/b6-4+/t14-,21-/m0/s1. The van der Waals surface area contributed by atoms with Gasteiger partial charge in [0.05, 0.1) is 0 Å². The van der Waals surface area contributed by atoms with Gasteiger partial charge in [0, 0.05) is 16.7 Å². The quantitative estimate of drug-likeness (QED) is 0.352. The van der Waals surface area contributed by atoms with Crippen LogP contribution in [0.1, 0.15) is 31.4 Å². The number of hydrogen-bond donors (Lipinski definition) is 3. The number of thioether (sulfide) groups is 1. The predicted molar refractivity (Wildman–Crippen MR) is 114 cm³/mol. The van der Waals surface area contributed by atoms with E-state index in [-0.39, 0.29) is 5.92 Å². The molecule has 0 bridgehead atoms. The van der Waals surface area contributed by atoms with Gasteiger partial charge in [-0.25, -0.2) is 14.0 Å². The molecule has 0 saturated heterocycles. The molecule has 0 unspecified atom stereocenters. The minimum atomic E-state index is -1.04. The second kappa shape index (κ2) is 11.3. The fourth-order valence-electron chi connectivity index (χ4n) is 2.84. The SMILES string of the molecule is CSc1ccc(NC(=O)O[C@H](c2ccc(O)c(F)c2)[C@@H](C)CC/C=C/C(=O)O)cc1. The van der Waals surface area contributed by atoms with Crippen molar-refractivity contribution < 1.29 is 28.9 Å². The van der Waals surface area contributed by atoms with E-state index in [4.69, 9.17) is 9.84 Å². The lowest BCUT2D eigenvalue weighted by atomic mass is 9.93. The Kier molecular flexibility index (Phi) is 8.73. The monoisotopic (exact) mass is 433 g/mol. The maximum Gasteiger partial charge on any atom is 0.412 e. The van der Waals surface area contributed by atoms with Crippen LogP contribution in [-0.2, 0) is 9.53 Å². The molecule has 160 valence electrons. The molecule has 0 spiro atoms. The van der Waals surface area contributed by atoms with Gasteiger partial charge in [0.25, 0.3) is 0 Å². The van der Waals surface area contributed by atoms with E-state index in [1.807, 2.05) is 25.3 Å². The number of benzene rings is 2. The fraction of sp³-hybridized carbons (Fsp3) is 0.273. The van der Waals surface area contributed by atoms with Crippen molar-refractivity contribution in [2.45, 2.75) is 30.8 Å². The third-order valence-corrected chi connectivity index (χ3v) is 5.18. The summed E-state index contributed by atoms with van der Waals surface area (Å²) in [5.74, 6) is -2.58. The summed E-state index contributed by atoms with van der Waals surface area (Å²) < 4.78 is 19.5. The maximum absolute atomic E-state index is 13.9. The Morgan fingerprint density at radius 2 is 1.93 bits per heavy atom. The Bertz CT molecular complexity index is 901. The van der Waals surface area contributed by atoms with Crippen LogP contribution in [-0.4, -0.2) is 28.5 Å². The Hall–Kier alpha value is -3.00. The van der Waals surface area contributed by atoms with Crippen molar-refractivity contribution in [2.75, 3.05) is 11.6 Å². The number of rotatable bonds is 9. The van der Waals surface area contributed by atoms with E-state index in [2.05, 4.69) is 5.32 Å². The third-order valence-electron chi connectivity index (χ3n) is 4.44. The first-order valence-electron chi connectivity index (χ1n) is 9.29. The van der Waals surface area contributed by atoms with E-state index in [0.29, 0.717) is 24.1 Å². The van der Waals surface area contributed by atoms with Crippen LogP contribution in [0, 0.1) is 11.7 Å². The zero-order chi connectivity index (χ0) is 22.1. The molecule has 0 fully saturated rings. The third kappa shape index (κ3) is 7.11. The minimum Gasteiger partial charge on any atom is -0.505 e. The molecule has 0 aromatic heterocycles. The second-order valence-electron chi connectivity index (χ2n) is 6.69. The molecule has 6 nitrogen and oxygen atoms in total. The summed E-state index contributed by atoms with van der Waals surface area (Å²) in [5.41, 5.74) is 0.957. The number of allylic oxidation sites excluding steroid dienone is 1. The number of aliphatic carboxylic acids is 1. The molecular weight excluding hydrogens is 409 g/mol. The molecule has 2 atom stereocenters. The van der Waals surface area contributed by atoms with Gasteiger partial charge >= 0.3 is 12.1 Å². The lowest BCUT2D eigenvalue weighted by Gasteiger charge is -2.25. The molecule has 0 saturated carbocycles. The first-order valence-corrected chi connectivity index (χ1v) is 10.5. The summed E-state index contributed by atoms with van der Waals surface area (Å²) in [6.45, 7) is 1.82. The number of phenols is 1. The van der Waals surface area contributed by atoms with Gasteiger partial charge < -0.3 is 14.9 Å². The van der Waals surface area contributed by atoms with Crippen molar-refractivity contribution in [3.05, 3.63) is 66.0 Å². The molecule has 2 aromatic carbocycles. The molecule has 0 aliphatic rings. The summed E-state index contributed by atoms with van der Waals surface area (Å²) in [4.78, 5) is 24.1. The van der Waals surface area contributed by atoms with E-state index < -0.39 is 29.7 Å². The number of aromatic hydroxyl groups is 1. The average molecular weight is 434 g/mol. The highest BCUT2D eigenvalue weighted by atomic mass is 32.2. The van der Waals surface area contributed by atoms with Gasteiger partial charge in [0.15, 0.2) is 11.6 Å². The second-order valence-corrected chi connectivity index (χ2v) is 7.57. The Morgan fingerprint density at radius 3 is 2.53 bits per heavy atom. The van der Waals surface area contributed by atoms with Crippen molar-refractivity contribution in [1.82, 2.24) is 0 Å². The van der Waals surface area contributed by atoms with Gasteiger partial charge in [-0.05, 0) is 67.0 Å². The molecule has 2 aromatic rings. The fourth-order valence-corrected chi connectivity index (χ4v) is 3.25. The predicted octanol–water partition coefficient (Wildman–Crippen LogP) is 5.60. The van der Waals surface area contributed by atoms with E-state index in [1.54, 1.807) is 23.9 Å². The highest BCUT2D eigenvalue weighted by molar-refractivity contribution is 7.98. The van der Waals surface area contributed by atoms with Crippen molar-refractivity contribution in [3.8, 4) is 5.75 Å². The lowest BCUT2D eigenvalue weighted by molar-refractivity contribution is -0.131. The number of carboxylic acids is 1. The molecule has 0 aliphatic heterocycles. The summed E-state index contributed by atoms with van der Waals surface area (Å²) in [6.07, 6.45) is 3.99. The Morgan fingerprint density at radius 1 is 1.23 bits per heavy atom. The largest absolute Gasteiger partial charge is 0.505 e. The number of carboxylic acid groups (broad SMARTS) is 1. The summed E-state index contributed by atoms with van der Waals surface area (Å²) in [7, 11) is 0. The molecule has 0 heterocycles. The van der Waals surface area contributed by atoms with Crippen LogP contribution in [0.15, 0.2) is 59.5 Å². The number of carbonyl (C=O) groups excluding carboxylic acids is 1. The molecule has 1 amide bonds. The number of hydrogen-bond acceptors (Lipinski definition) is 5. The molecule has 8 heteroatoms. The summed E-state index contributed by atoms with van der Waals surface area (Å²) in [5, 5.41) is 20.8. The highest BCUT2D eigenvalue weighted by Crippen LogP contribution is 2.32. The zero-order valence-electron chi connectivity index (χ0n) is 16.7. The van der Waals surface area contributed by atoms with E-state index >= 15 is 0 Å². The van der Waals surface area contributed by atoms with Crippen LogP contribution in [0.4, 0.5) is 14.9 Å². The van der Waals surface area contributed by atoms with E-state index in [0.717, 1.165) is 17.0 Å². The van der Waals surface area contributed by atoms with Gasteiger partial charge in [0.2, 0.25) is 0 Å². The first kappa shape index (κ1) is 23.3. The zero-order valence-corrected chi connectivity index (χ0v) is 17.5. The van der Waals surface area contributed by atoms with Crippen LogP contribution in [0.25, 0.3) is 0 Å². The molecule has 0 aliphatic carbocycles. The van der Waals surface area contributed by atoms with Gasteiger partial charge in [0.1, 0.15) is 6.10 Å². The number of halogens is 1. The number of nitrogens with one attached hydrogen (secondary N) is 1. The lowest BCUT2D eigenvalue weighted by Crippen LogP contribution is -2.22. The normalized spacial score (nSPS) is 13.0. The van der Waals surface area contributed by atoms with E-state index in [9.17, 15) is 19.1 Å². The molecule has 2 rings (SSSR count). The maximum atomic E-state index is 13.9. The molecule has 3 N–H and O–H groups in total. The first-order chi connectivity index (χ1) is 14.3. The van der Waals surface area contributed by atoms with Crippen LogP contribution in [0.2, 0.25) is 0 Å². The van der Waals surface area contributed by atoms with Gasteiger partial charge in [-0.15, -0.1) is 11.8 Å². The number of amides is 1. The molecule has 30 heavy (non-hydrogen) atoms. The molecule has 0 radical (unpaired) electrons. The van der Waals surface area contributed by atoms with Crippen molar-refractivity contribution in [2.24, 2.45) is 5.92 Å². The topological polar surface area (TPSA) is 95.9 Å². The van der Waals surface area contributed by atoms with Crippen molar-refractivity contribution in [1.29, 1.82) is 0 Å². The van der Waals surface area contributed by atoms with Crippen molar-refractivity contribution in [3.63, 3.8) is 0 Å². The van der Waals surface area contributed by atoms with Crippen LogP contribution in [0.5, 0.6) is 5.75 Å². The van der Waals surface area contributed by atoms with Gasteiger partial charge in [-0.1, -0.05) is 19.1 Å². The summed E-state index contributed by atoms with van der Waals surface area (Å²) >= 11 is 1.58. The summed E-state index contributed by atoms with van der Waals surface area (Å²) in [6, 6.07) is 11.1. The highest BCUT2D eigenvalue weighted by Gasteiger charge is 2.24. The number of carbonyl (C=O) groups is 2. The van der Waals surface area contributed by atoms with Crippen molar-refractivity contribution >= 4 is 29.5 Å². The van der Waals surface area contributed by atoms with Crippen LogP contribution >= 0.6 is 11.8 Å². The number of ether oxygens (including phenoxy) is 1. The smallest absolute Gasteiger partial charge is 0.412 e. The van der Waals surface area contributed by atoms with Crippen LogP contribution < -0.4 is 5.32 Å². The van der Waals surface area contributed by atoms with Gasteiger partial charge in [-0.3, -0.25) is 5.32 Å². The van der Waals surface area contributed by atoms with Crippen LogP contribution in [0.3, 0.4) is 0 Å². The number of anilines is 1. The molecular formula is C22H24FNO5S. The minimum absolute atomic E-state index is 0.239. The Labute approximate surface area is 178 Å². The Balaban J connectivity index is 2.13.